The van der Waals surface area contributed by atoms with Crippen LogP contribution in [0.5, 0.6) is 0 Å². The summed E-state index contributed by atoms with van der Waals surface area (Å²) in [6.07, 6.45) is 2.71. The van der Waals surface area contributed by atoms with E-state index in [1.54, 1.807) is 32.0 Å². The average Bonchev–Trinajstić information content (AvgIpc) is 3.11. The van der Waals surface area contributed by atoms with Gasteiger partial charge in [-0.3, -0.25) is 9.97 Å². The van der Waals surface area contributed by atoms with Crippen molar-refractivity contribution in [2.45, 2.75) is 13.8 Å². The zero-order valence-corrected chi connectivity index (χ0v) is 28.6. The number of hydrogen-bond donors (Lipinski definition) is 4. The number of ether oxygens (including phenoxy) is 2. The van der Waals surface area contributed by atoms with Gasteiger partial charge >= 0.3 is 11.9 Å². The smallest absolute Gasteiger partial charge is 0.340 e. The lowest BCUT2D eigenvalue weighted by Gasteiger charge is -2.15. The van der Waals surface area contributed by atoms with E-state index in [-0.39, 0.29) is 68.9 Å². The van der Waals surface area contributed by atoms with Crippen LogP contribution in [0.4, 0.5) is 51.7 Å². The van der Waals surface area contributed by atoms with Gasteiger partial charge in [0.2, 0.25) is 0 Å². The van der Waals surface area contributed by atoms with Gasteiger partial charge in [-0.2, -0.15) is 0 Å². The van der Waals surface area contributed by atoms with E-state index in [1.807, 2.05) is 0 Å². The van der Waals surface area contributed by atoms with Crippen LogP contribution >= 0.6 is 15.9 Å². The van der Waals surface area contributed by atoms with Crippen molar-refractivity contribution in [1.82, 2.24) is 9.97 Å². The largest absolute Gasteiger partial charge is 0.462 e. The Balaban J connectivity index is 0.000000198. The first-order valence-corrected chi connectivity index (χ1v) is 16.1. The van der Waals surface area contributed by atoms with E-state index in [2.05, 4.69) is 36.5 Å². The molecule has 0 amide bonds. The number of esters is 2. The highest BCUT2D eigenvalue weighted by atomic mass is 79.9. The van der Waals surface area contributed by atoms with Crippen molar-refractivity contribution in [1.29, 1.82) is 0 Å². The van der Waals surface area contributed by atoms with Crippen LogP contribution in [0.2, 0.25) is 0 Å². The van der Waals surface area contributed by atoms with Crippen molar-refractivity contribution in [2.24, 2.45) is 0 Å². The Bertz CT molecular complexity index is 2290. The Labute approximate surface area is 296 Å². The lowest BCUT2D eigenvalue weighted by Crippen LogP contribution is -2.10. The number of carbonyl (C=O) groups is 2. The molecule has 6 rings (SSSR count). The zero-order valence-electron chi connectivity index (χ0n) is 27.0. The molecule has 2 heterocycles. The molecule has 6 aromatic rings. The molecule has 0 saturated carbocycles. The number of nitrogen functional groups attached to an aromatic ring is 2. The Kier molecular flexibility index (Phi) is 11.2. The third-order valence-electron chi connectivity index (χ3n) is 7.36. The van der Waals surface area contributed by atoms with E-state index in [0.717, 1.165) is 24.3 Å². The monoisotopic (exact) mass is 764 g/mol. The maximum absolute atomic E-state index is 14.3. The number of para-hydroxylation sites is 1. The van der Waals surface area contributed by atoms with Crippen LogP contribution in [0.15, 0.2) is 83.6 Å². The fraction of sp³-hybridized carbons (Fsp3) is 0.111. The molecule has 0 atom stereocenters. The number of fused-ring (bicyclic) bond motifs is 2. The fourth-order valence-corrected chi connectivity index (χ4v) is 5.50. The highest BCUT2D eigenvalue weighted by molar-refractivity contribution is 9.10. The maximum Gasteiger partial charge on any atom is 0.340 e. The molecule has 6 N–H and O–H groups in total. The van der Waals surface area contributed by atoms with Crippen LogP contribution < -0.4 is 22.1 Å². The molecule has 2 aromatic heterocycles. The SMILES string of the molecule is CCOC(=O)c1cc(Br)cc(Nc2ccnc3c(F)ccc(F)c23)c1N.CCOC(=O)c1cccc(Nc2ccnc3c(F)ccc(F)c23)c1N. The van der Waals surface area contributed by atoms with Crippen LogP contribution in [-0.4, -0.2) is 35.1 Å². The Morgan fingerprint density at radius 2 is 1.12 bits per heavy atom. The predicted octanol–water partition coefficient (Wildman–Crippen LogP) is 8.79. The van der Waals surface area contributed by atoms with Crippen LogP contribution in [-0.2, 0) is 9.47 Å². The van der Waals surface area contributed by atoms with E-state index in [0.29, 0.717) is 15.8 Å². The van der Waals surface area contributed by atoms with Gasteiger partial charge in [-0.15, -0.1) is 0 Å². The van der Waals surface area contributed by atoms with Crippen LogP contribution in [0.3, 0.4) is 0 Å². The first kappa shape index (κ1) is 36.3. The number of anilines is 6. The Morgan fingerprint density at radius 3 is 1.65 bits per heavy atom. The Hall–Kier alpha value is -5.96. The molecule has 0 saturated heterocycles. The quantitative estimate of drug-likeness (QED) is 0.0672. The summed E-state index contributed by atoms with van der Waals surface area (Å²) in [5.74, 6) is -3.65. The second kappa shape index (κ2) is 15.7. The molecule has 10 nitrogen and oxygen atoms in total. The van der Waals surface area contributed by atoms with Crippen LogP contribution in [0, 0.1) is 23.3 Å². The first-order chi connectivity index (χ1) is 24.4. The molecule has 0 fully saturated rings. The summed E-state index contributed by atoms with van der Waals surface area (Å²) < 4.78 is 66.8. The summed E-state index contributed by atoms with van der Waals surface area (Å²) in [6, 6.07) is 15.0. The molecule has 0 aliphatic carbocycles. The lowest BCUT2D eigenvalue weighted by molar-refractivity contribution is 0.0518. The van der Waals surface area contributed by atoms with Gasteiger partial charge in [0.1, 0.15) is 34.3 Å². The topological polar surface area (TPSA) is 154 Å². The number of nitrogens with zero attached hydrogens (tertiary/aromatic N) is 2. The lowest BCUT2D eigenvalue weighted by atomic mass is 10.1. The van der Waals surface area contributed by atoms with Gasteiger partial charge in [-0.05, 0) is 74.5 Å². The predicted molar refractivity (Wildman–Crippen MR) is 191 cm³/mol. The van der Waals surface area contributed by atoms with Gasteiger partial charge in [-0.1, -0.05) is 22.0 Å². The number of hydrogen-bond acceptors (Lipinski definition) is 10. The summed E-state index contributed by atoms with van der Waals surface area (Å²) >= 11 is 3.31. The molecule has 0 unspecified atom stereocenters. The van der Waals surface area contributed by atoms with Crippen molar-refractivity contribution < 1.29 is 36.6 Å². The van der Waals surface area contributed by atoms with Crippen molar-refractivity contribution in [3.8, 4) is 0 Å². The summed E-state index contributed by atoms with van der Waals surface area (Å²) in [7, 11) is 0. The minimum atomic E-state index is -0.639. The zero-order chi connectivity index (χ0) is 36.8. The number of rotatable bonds is 8. The summed E-state index contributed by atoms with van der Waals surface area (Å²) in [5.41, 5.74) is 13.8. The van der Waals surface area contributed by atoms with E-state index >= 15 is 0 Å². The molecule has 0 bridgehead atoms. The number of carbonyl (C=O) groups excluding carboxylic acids is 2. The molecular weight excluding hydrogens is 736 g/mol. The Morgan fingerprint density at radius 1 is 0.647 bits per heavy atom. The maximum atomic E-state index is 14.3. The molecule has 0 aliphatic heterocycles. The first-order valence-electron chi connectivity index (χ1n) is 15.3. The van der Waals surface area contributed by atoms with E-state index in [9.17, 15) is 27.2 Å². The molecule has 4 aromatic carbocycles. The summed E-state index contributed by atoms with van der Waals surface area (Å²) in [5, 5.41) is 5.89. The van der Waals surface area contributed by atoms with Crippen LogP contribution in [0.25, 0.3) is 21.8 Å². The summed E-state index contributed by atoms with van der Waals surface area (Å²) in [6.45, 7) is 3.80. The van der Waals surface area contributed by atoms with Gasteiger partial charge in [0.15, 0.2) is 0 Å². The third kappa shape index (κ3) is 7.78. The van der Waals surface area contributed by atoms with Gasteiger partial charge < -0.3 is 31.6 Å². The molecule has 0 aliphatic rings. The minimum absolute atomic E-state index is 0.00318. The van der Waals surface area contributed by atoms with Crippen molar-refractivity contribution >= 4 is 83.8 Å². The standard InChI is InChI=1S/C18H14BrF2N3O2.C18H15F2N3O2/c1-2-26-18(25)10-7-9(19)8-14(16(10)22)24-13-5-6-23-17-12(21)4-3-11(20)15(13)17;1-2-25-18(24)10-4-3-5-14(16(10)21)23-13-8-9-22-17-12(20)7-6-11(19)15(13)17/h3-8H,2,22H2,1H3,(H,23,24);3-9H,2,21H2,1H3,(H,22,23). The second-order valence-electron chi connectivity index (χ2n) is 10.6. The molecule has 0 radical (unpaired) electrons. The number of pyridine rings is 2. The molecule has 15 heteroatoms. The molecule has 51 heavy (non-hydrogen) atoms. The second-order valence-corrected chi connectivity index (χ2v) is 11.5. The minimum Gasteiger partial charge on any atom is -0.462 e. The van der Waals surface area contributed by atoms with Gasteiger partial charge in [0, 0.05) is 16.9 Å². The summed E-state index contributed by atoms with van der Waals surface area (Å²) in [4.78, 5) is 31.8. The van der Waals surface area contributed by atoms with Gasteiger partial charge in [0.25, 0.3) is 0 Å². The highest BCUT2D eigenvalue weighted by Gasteiger charge is 2.19. The number of halogens is 5. The van der Waals surface area contributed by atoms with Crippen molar-refractivity contribution in [3.05, 3.63) is 118 Å². The number of aromatic nitrogens is 2. The van der Waals surface area contributed by atoms with Crippen molar-refractivity contribution in [2.75, 3.05) is 35.3 Å². The average molecular weight is 766 g/mol. The van der Waals surface area contributed by atoms with Gasteiger partial charge in [-0.25, -0.2) is 27.2 Å². The van der Waals surface area contributed by atoms with Crippen molar-refractivity contribution in [3.63, 3.8) is 0 Å². The normalized spacial score (nSPS) is 10.7. The van der Waals surface area contributed by atoms with E-state index in [4.69, 9.17) is 20.9 Å². The third-order valence-corrected chi connectivity index (χ3v) is 7.82. The molecule has 0 spiro atoms. The van der Waals surface area contributed by atoms with E-state index < -0.39 is 35.2 Å². The number of nitrogens with two attached hydrogens (primary N) is 2. The molecular formula is C36H29BrF4N6O4. The highest BCUT2D eigenvalue weighted by Crippen LogP contribution is 2.35. The molecule has 262 valence electrons. The van der Waals surface area contributed by atoms with Gasteiger partial charge in [0.05, 0.1) is 69.2 Å². The fourth-order valence-electron chi connectivity index (χ4n) is 5.05. The van der Waals surface area contributed by atoms with E-state index in [1.165, 1.54) is 36.7 Å². The number of benzene rings is 4. The van der Waals surface area contributed by atoms with Crippen LogP contribution in [0.1, 0.15) is 34.6 Å². The number of nitrogens with one attached hydrogen (secondary N) is 2.